The zero-order valence-electron chi connectivity index (χ0n) is 13.9. The molecule has 0 radical (unpaired) electrons. The Hall–Kier alpha value is -1.32. The van der Waals surface area contributed by atoms with E-state index in [0.29, 0.717) is 6.04 Å². The molecule has 0 atom stereocenters. The van der Waals surface area contributed by atoms with Gasteiger partial charge in [0, 0.05) is 25.7 Å². The molecule has 1 fully saturated rings. The average molecular weight is 290 g/mol. The number of hydrogen-bond acceptors (Lipinski definition) is 4. The van der Waals surface area contributed by atoms with Crippen LogP contribution in [0.4, 0.5) is 11.6 Å². The van der Waals surface area contributed by atoms with E-state index in [9.17, 15) is 0 Å². The number of rotatable bonds is 6. The Labute approximate surface area is 129 Å². The summed E-state index contributed by atoms with van der Waals surface area (Å²) in [5.74, 6) is 2.88. The molecule has 0 saturated heterocycles. The standard InChI is InChI=1S/C17H30N4/c1-4-5-12-21(3)17-13-16(18-14(2)19-17)20-15-10-8-6-7-9-11-15/h13,15H,4-12H2,1-3H3,(H,18,19,20). The van der Waals surface area contributed by atoms with E-state index in [4.69, 9.17) is 0 Å². The van der Waals surface area contributed by atoms with Crippen molar-refractivity contribution >= 4 is 11.6 Å². The summed E-state index contributed by atoms with van der Waals surface area (Å²) in [5, 5.41) is 3.64. The number of nitrogens with one attached hydrogen (secondary N) is 1. The maximum Gasteiger partial charge on any atom is 0.134 e. The van der Waals surface area contributed by atoms with Crippen molar-refractivity contribution in [2.24, 2.45) is 0 Å². The maximum absolute atomic E-state index is 4.57. The van der Waals surface area contributed by atoms with Gasteiger partial charge in [-0.2, -0.15) is 0 Å². The molecule has 0 aromatic carbocycles. The van der Waals surface area contributed by atoms with Gasteiger partial charge in [0.25, 0.3) is 0 Å². The molecule has 0 bridgehead atoms. The number of unbranched alkanes of at least 4 members (excludes halogenated alkanes) is 1. The van der Waals surface area contributed by atoms with Gasteiger partial charge < -0.3 is 10.2 Å². The van der Waals surface area contributed by atoms with Crippen LogP contribution in [0.5, 0.6) is 0 Å². The van der Waals surface area contributed by atoms with Gasteiger partial charge in [0.15, 0.2) is 0 Å². The fourth-order valence-electron chi connectivity index (χ4n) is 2.96. The van der Waals surface area contributed by atoms with Crippen LogP contribution in [0.15, 0.2) is 6.07 Å². The van der Waals surface area contributed by atoms with Crippen molar-refractivity contribution in [2.45, 2.75) is 71.3 Å². The molecule has 4 heteroatoms. The number of aryl methyl sites for hydroxylation is 1. The summed E-state index contributed by atoms with van der Waals surface area (Å²) in [7, 11) is 2.12. The zero-order chi connectivity index (χ0) is 15.1. The van der Waals surface area contributed by atoms with Crippen LogP contribution in [0.3, 0.4) is 0 Å². The van der Waals surface area contributed by atoms with Crippen LogP contribution in [0.25, 0.3) is 0 Å². The Morgan fingerprint density at radius 1 is 1.19 bits per heavy atom. The summed E-state index contributed by atoms with van der Waals surface area (Å²) < 4.78 is 0. The first-order valence-electron chi connectivity index (χ1n) is 8.52. The molecule has 2 rings (SSSR count). The molecule has 118 valence electrons. The minimum atomic E-state index is 0.579. The fourth-order valence-corrected chi connectivity index (χ4v) is 2.96. The topological polar surface area (TPSA) is 41.0 Å². The molecule has 1 aliphatic rings. The van der Waals surface area contributed by atoms with Gasteiger partial charge in [-0.1, -0.05) is 39.0 Å². The Morgan fingerprint density at radius 3 is 2.57 bits per heavy atom. The Bertz CT molecular complexity index is 425. The van der Waals surface area contributed by atoms with Crippen LogP contribution < -0.4 is 10.2 Å². The van der Waals surface area contributed by atoms with Crippen molar-refractivity contribution in [1.29, 1.82) is 0 Å². The van der Waals surface area contributed by atoms with Crippen molar-refractivity contribution in [2.75, 3.05) is 23.8 Å². The van der Waals surface area contributed by atoms with E-state index < -0.39 is 0 Å². The fraction of sp³-hybridized carbons (Fsp3) is 0.765. The van der Waals surface area contributed by atoms with Crippen LogP contribution in [0, 0.1) is 6.92 Å². The van der Waals surface area contributed by atoms with Gasteiger partial charge in [-0.15, -0.1) is 0 Å². The first kappa shape index (κ1) is 16.1. The van der Waals surface area contributed by atoms with E-state index in [-0.39, 0.29) is 0 Å². The molecule has 0 amide bonds. The van der Waals surface area contributed by atoms with Gasteiger partial charge in [-0.25, -0.2) is 9.97 Å². The maximum atomic E-state index is 4.57. The molecule has 21 heavy (non-hydrogen) atoms. The van der Waals surface area contributed by atoms with E-state index in [0.717, 1.165) is 24.0 Å². The minimum absolute atomic E-state index is 0.579. The predicted molar refractivity (Wildman–Crippen MR) is 90.1 cm³/mol. The molecular weight excluding hydrogens is 260 g/mol. The third-order valence-corrected chi connectivity index (χ3v) is 4.27. The smallest absolute Gasteiger partial charge is 0.134 e. The number of nitrogens with zero attached hydrogens (tertiary/aromatic N) is 3. The lowest BCUT2D eigenvalue weighted by molar-refractivity contribution is 0.617. The van der Waals surface area contributed by atoms with Gasteiger partial charge in [-0.05, 0) is 26.2 Å². The molecular formula is C17H30N4. The molecule has 1 aliphatic carbocycles. The Morgan fingerprint density at radius 2 is 1.90 bits per heavy atom. The van der Waals surface area contributed by atoms with Crippen molar-refractivity contribution in [3.05, 3.63) is 11.9 Å². The third kappa shape index (κ3) is 5.18. The lowest BCUT2D eigenvalue weighted by Gasteiger charge is -2.21. The van der Waals surface area contributed by atoms with E-state index in [1.807, 2.05) is 6.92 Å². The quantitative estimate of drug-likeness (QED) is 0.799. The molecule has 1 saturated carbocycles. The van der Waals surface area contributed by atoms with Crippen LogP contribution >= 0.6 is 0 Å². The van der Waals surface area contributed by atoms with Gasteiger partial charge >= 0.3 is 0 Å². The van der Waals surface area contributed by atoms with Crippen molar-refractivity contribution < 1.29 is 0 Å². The van der Waals surface area contributed by atoms with Gasteiger partial charge in [0.1, 0.15) is 17.5 Å². The molecule has 1 N–H and O–H groups in total. The van der Waals surface area contributed by atoms with E-state index >= 15 is 0 Å². The summed E-state index contributed by atoms with van der Waals surface area (Å²) in [5.41, 5.74) is 0. The molecule has 1 heterocycles. The number of anilines is 2. The molecule has 0 unspecified atom stereocenters. The third-order valence-electron chi connectivity index (χ3n) is 4.27. The molecule has 1 aromatic heterocycles. The van der Waals surface area contributed by atoms with Crippen LogP contribution in [0.2, 0.25) is 0 Å². The largest absolute Gasteiger partial charge is 0.367 e. The monoisotopic (exact) mass is 290 g/mol. The van der Waals surface area contributed by atoms with Gasteiger partial charge in [0.05, 0.1) is 0 Å². The highest BCUT2D eigenvalue weighted by Crippen LogP contribution is 2.22. The number of aromatic nitrogens is 2. The SMILES string of the molecule is CCCCN(C)c1cc(NC2CCCCCC2)nc(C)n1. The van der Waals surface area contributed by atoms with Crippen LogP contribution in [-0.2, 0) is 0 Å². The Kier molecular flexibility index (Phi) is 6.27. The minimum Gasteiger partial charge on any atom is -0.367 e. The van der Waals surface area contributed by atoms with Gasteiger partial charge in [0.2, 0.25) is 0 Å². The zero-order valence-corrected chi connectivity index (χ0v) is 13.9. The highest BCUT2D eigenvalue weighted by Gasteiger charge is 2.14. The van der Waals surface area contributed by atoms with E-state index in [2.05, 4.69) is 40.2 Å². The highest BCUT2D eigenvalue weighted by molar-refractivity contribution is 5.49. The van der Waals surface area contributed by atoms with Crippen LogP contribution in [0.1, 0.15) is 64.1 Å². The summed E-state index contributed by atoms with van der Waals surface area (Å²) in [6.07, 6.45) is 10.4. The number of hydrogen-bond donors (Lipinski definition) is 1. The van der Waals surface area contributed by atoms with Crippen LogP contribution in [-0.4, -0.2) is 29.6 Å². The molecule has 0 aliphatic heterocycles. The lowest BCUT2D eigenvalue weighted by Crippen LogP contribution is -2.22. The summed E-state index contributed by atoms with van der Waals surface area (Å²) in [4.78, 5) is 11.4. The molecule has 0 spiro atoms. The van der Waals surface area contributed by atoms with Crippen molar-refractivity contribution in [3.8, 4) is 0 Å². The van der Waals surface area contributed by atoms with Gasteiger partial charge in [-0.3, -0.25) is 0 Å². The van der Waals surface area contributed by atoms with Crippen molar-refractivity contribution in [3.63, 3.8) is 0 Å². The summed E-state index contributed by atoms with van der Waals surface area (Å²) >= 11 is 0. The second kappa shape index (κ2) is 8.20. The first-order valence-corrected chi connectivity index (χ1v) is 8.52. The van der Waals surface area contributed by atoms with Crippen molar-refractivity contribution in [1.82, 2.24) is 9.97 Å². The summed E-state index contributed by atoms with van der Waals surface area (Å²) in [6.45, 7) is 5.25. The first-order chi connectivity index (χ1) is 10.2. The normalized spacial score (nSPS) is 16.5. The lowest BCUT2D eigenvalue weighted by atomic mass is 10.1. The second-order valence-corrected chi connectivity index (χ2v) is 6.27. The highest BCUT2D eigenvalue weighted by atomic mass is 15.2. The second-order valence-electron chi connectivity index (χ2n) is 6.27. The Balaban J connectivity index is 2.03. The molecule has 4 nitrogen and oxygen atoms in total. The molecule has 1 aromatic rings. The van der Waals surface area contributed by atoms with E-state index in [1.165, 1.54) is 51.4 Å². The predicted octanol–water partition coefficient (Wildman–Crippen LogP) is 4.16. The summed E-state index contributed by atoms with van der Waals surface area (Å²) in [6, 6.07) is 2.68. The van der Waals surface area contributed by atoms with E-state index in [1.54, 1.807) is 0 Å². The average Bonchev–Trinajstić information content (AvgIpc) is 2.72.